The van der Waals surface area contributed by atoms with Gasteiger partial charge in [0.1, 0.15) is 5.76 Å². The fourth-order valence-corrected chi connectivity index (χ4v) is 2.19. The van der Waals surface area contributed by atoms with Gasteiger partial charge in [-0.25, -0.2) is 0 Å². The third kappa shape index (κ3) is 3.94. The predicted molar refractivity (Wildman–Crippen MR) is 77.7 cm³/mol. The van der Waals surface area contributed by atoms with Crippen LogP contribution in [-0.2, 0) is 19.6 Å². The highest BCUT2D eigenvalue weighted by molar-refractivity contribution is 5.18. The monoisotopic (exact) mass is 258 g/mol. The lowest BCUT2D eigenvalue weighted by Crippen LogP contribution is -2.23. The van der Waals surface area contributed by atoms with Crippen molar-refractivity contribution in [3.05, 3.63) is 59.5 Å². The lowest BCUT2D eigenvalue weighted by molar-refractivity contribution is 0.268. The molecule has 0 radical (unpaired) electrons. The van der Waals surface area contributed by atoms with Gasteiger partial charge in [0.2, 0.25) is 0 Å². The van der Waals surface area contributed by atoms with Gasteiger partial charge in [-0.2, -0.15) is 0 Å². The summed E-state index contributed by atoms with van der Waals surface area (Å²) in [4.78, 5) is 2.42. The number of hydrogen-bond acceptors (Lipinski definition) is 3. The Balaban J connectivity index is 2.00. The van der Waals surface area contributed by atoms with Crippen molar-refractivity contribution >= 4 is 0 Å². The molecule has 0 saturated carbocycles. The second-order valence-electron chi connectivity index (χ2n) is 4.69. The maximum atomic E-state index is 5.51. The Morgan fingerprint density at radius 2 is 1.89 bits per heavy atom. The number of nitrogens with zero attached hydrogens (tertiary/aromatic N) is 1. The van der Waals surface area contributed by atoms with E-state index in [-0.39, 0.29) is 0 Å². The zero-order valence-electron chi connectivity index (χ0n) is 11.7. The summed E-state index contributed by atoms with van der Waals surface area (Å²) in [6.45, 7) is 5.91. The molecule has 19 heavy (non-hydrogen) atoms. The molecule has 0 bridgehead atoms. The Morgan fingerprint density at radius 3 is 2.58 bits per heavy atom. The predicted octanol–water partition coefficient (Wildman–Crippen LogP) is 3.02. The fraction of sp³-hybridized carbons (Fsp3) is 0.375. The summed E-state index contributed by atoms with van der Waals surface area (Å²) >= 11 is 0. The molecule has 2 aromatic rings. The number of benzene rings is 1. The molecule has 102 valence electrons. The highest BCUT2D eigenvalue weighted by Crippen LogP contribution is 2.15. The van der Waals surface area contributed by atoms with Crippen molar-refractivity contribution in [1.82, 2.24) is 10.2 Å². The molecule has 0 aliphatic heterocycles. The molecule has 2 rings (SSSR count). The molecule has 1 N–H and O–H groups in total. The van der Waals surface area contributed by atoms with Crippen molar-refractivity contribution in [3.63, 3.8) is 0 Å². The standard InChI is InChI=1S/C16H22N2O/c1-3-18(12-14-7-5-4-6-8-14)13-15-9-10-19-16(15)11-17-2/h4-10,17H,3,11-13H2,1-2H3. The van der Waals surface area contributed by atoms with Crippen molar-refractivity contribution in [3.8, 4) is 0 Å². The fourth-order valence-electron chi connectivity index (χ4n) is 2.19. The second-order valence-corrected chi connectivity index (χ2v) is 4.69. The van der Waals surface area contributed by atoms with Crippen LogP contribution in [0.3, 0.4) is 0 Å². The van der Waals surface area contributed by atoms with E-state index in [1.807, 2.05) is 7.05 Å². The third-order valence-electron chi connectivity index (χ3n) is 3.27. The number of nitrogens with one attached hydrogen (secondary N) is 1. The minimum atomic E-state index is 0.783. The highest BCUT2D eigenvalue weighted by Gasteiger charge is 2.10. The smallest absolute Gasteiger partial charge is 0.122 e. The van der Waals surface area contributed by atoms with Crippen LogP contribution in [0.25, 0.3) is 0 Å². The van der Waals surface area contributed by atoms with Gasteiger partial charge < -0.3 is 9.73 Å². The van der Waals surface area contributed by atoms with E-state index >= 15 is 0 Å². The minimum absolute atomic E-state index is 0.783. The van der Waals surface area contributed by atoms with Crippen molar-refractivity contribution in [1.29, 1.82) is 0 Å². The van der Waals surface area contributed by atoms with Gasteiger partial charge >= 0.3 is 0 Å². The van der Waals surface area contributed by atoms with Gasteiger partial charge in [0.25, 0.3) is 0 Å². The molecule has 0 saturated heterocycles. The average molecular weight is 258 g/mol. The molecular formula is C16H22N2O. The van der Waals surface area contributed by atoms with E-state index in [1.54, 1.807) is 6.26 Å². The van der Waals surface area contributed by atoms with Gasteiger partial charge in [-0.3, -0.25) is 4.90 Å². The molecule has 3 nitrogen and oxygen atoms in total. The van der Waals surface area contributed by atoms with Crippen LogP contribution in [0.1, 0.15) is 23.8 Å². The highest BCUT2D eigenvalue weighted by atomic mass is 16.3. The van der Waals surface area contributed by atoms with Crippen molar-refractivity contribution in [2.75, 3.05) is 13.6 Å². The lowest BCUT2D eigenvalue weighted by Gasteiger charge is -2.20. The summed E-state index contributed by atoms with van der Waals surface area (Å²) < 4.78 is 5.51. The van der Waals surface area contributed by atoms with E-state index < -0.39 is 0 Å². The van der Waals surface area contributed by atoms with Crippen LogP contribution < -0.4 is 5.32 Å². The maximum absolute atomic E-state index is 5.51. The number of rotatable bonds is 7. The molecule has 1 aromatic carbocycles. The zero-order valence-corrected chi connectivity index (χ0v) is 11.7. The Hall–Kier alpha value is -1.58. The summed E-state index contributed by atoms with van der Waals surface area (Å²) in [6, 6.07) is 12.7. The molecule has 0 unspecified atom stereocenters. The van der Waals surface area contributed by atoms with Crippen molar-refractivity contribution in [2.24, 2.45) is 0 Å². The minimum Gasteiger partial charge on any atom is -0.468 e. The molecule has 1 heterocycles. The number of furan rings is 1. The topological polar surface area (TPSA) is 28.4 Å². The second kappa shape index (κ2) is 7.12. The summed E-state index contributed by atoms with van der Waals surface area (Å²) in [6.07, 6.45) is 1.78. The van der Waals surface area contributed by atoms with Crippen molar-refractivity contribution in [2.45, 2.75) is 26.6 Å². The Morgan fingerprint density at radius 1 is 1.11 bits per heavy atom. The lowest BCUT2D eigenvalue weighted by atomic mass is 10.2. The van der Waals surface area contributed by atoms with Crippen LogP contribution in [0.5, 0.6) is 0 Å². The zero-order chi connectivity index (χ0) is 13.5. The largest absolute Gasteiger partial charge is 0.468 e. The van der Waals surface area contributed by atoms with E-state index in [0.29, 0.717) is 0 Å². The molecule has 0 spiro atoms. The Bertz CT molecular complexity index is 479. The van der Waals surface area contributed by atoms with Gasteiger partial charge in [-0.1, -0.05) is 37.3 Å². The van der Waals surface area contributed by atoms with E-state index in [1.165, 1.54) is 11.1 Å². The van der Waals surface area contributed by atoms with Crippen LogP contribution in [0.4, 0.5) is 0 Å². The Kier molecular flexibility index (Phi) is 5.19. The first kappa shape index (κ1) is 13.8. The molecule has 0 amide bonds. The van der Waals surface area contributed by atoms with E-state index in [2.05, 4.69) is 53.5 Å². The first-order valence-electron chi connectivity index (χ1n) is 6.79. The van der Waals surface area contributed by atoms with Gasteiger partial charge in [-0.15, -0.1) is 0 Å². The van der Waals surface area contributed by atoms with Crippen molar-refractivity contribution < 1.29 is 4.42 Å². The summed E-state index contributed by atoms with van der Waals surface area (Å²) in [7, 11) is 1.94. The molecule has 0 aliphatic carbocycles. The normalized spacial score (nSPS) is 11.1. The molecule has 3 heteroatoms. The number of hydrogen-bond donors (Lipinski definition) is 1. The van der Waals surface area contributed by atoms with Gasteiger partial charge in [-0.05, 0) is 25.2 Å². The SMILES string of the molecule is CCN(Cc1ccccc1)Cc1ccoc1CNC. The molecule has 0 fully saturated rings. The molecule has 1 aromatic heterocycles. The quantitative estimate of drug-likeness (QED) is 0.827. The third-order valence-corrected chi connectivity index (χ3v) is 3.27. The molecule has 0 aliphatic rings. The Labute approximate surface area is 115 Å². The van der Waals surface area contributed by atoms with Gasteiger partial charge in [0.15, 0.2) is 0 Å². The average Bonchev–Trinajstić information content (AvgIpc) is 2.87. The summed E-state index contributed by atoms with van der Waals surface area (Å²) in [5.74, 6) is 1.04. The van der Waals surface area contributed by atoms with E-state index in [4.69, 9.17) is 4.42 Å². The van der Waals surface area contributed by atoms with Crippen LogP contribution in [0.15, 0.2) is 47.1 Å². The molecule has 0 atom stereocenters. The van der Waals surface area contributed by atoms with E-state index in [0.717, 1.165) is 31.9 Å². The summed E-state index contributed by atoms with van der Waals surface area (Å²) in [5, 5.41) is 3.14. The van der Waals surface area contributed by atoms with Crippen LogP contribution >= 0.6 is 0 Å². The van der Waals surface area contributed by atoms with Gasteiger partial charge in [0.05, 0.1) is 12.8 Å². The first-order valence-corrected chi connectivity index (χ1v) is 6.79. The van der Waals surface area contributed by atoms with Crippen LogP contribution in [-0.4, -0.2) is 18.5 Å². The van der Waals surface area contributed by atoms with E-state index in [9.17, 15) is 0 Å². The first-order chi connectivity index (χ1) is 9.33. The maximum Gasteiger partial charge on any atom is 0.122 e. The molecular weight excluding hydrogens is 236 g/mol. The van der Waals surface area contributed by atoms with Gasteiger partial charge in [0, 0.05) is 18.7 Å². The van der Waals surface area contributed by atoms with Crippen LogP contribution in [0, 0.1) is 0 Å². The van der Waals surface area contributed by atoms with Crippen LogP contribution in [0.2, 0.25) is 0 Å². The summed E-state index contributed by atoms with van der Waals surface area (Å²) in [5.41, 5.74) is 2.62.